The summed E-state index contributed by atoms with van der Waals surface area (Å²) in [5.41, 5.74) is 6.94. The normalized spacial score (nSPS) is 18.2. The number of aliphatic hydroxyl groups is 4. The van der Waals surface area contributed by atoms with Crippen LogP contribution in [0.3, 0.4) is 0 Å². The van der Waals surface area contributed by atoms with Crippen molar-refractivity contribution < 1.29 is 25.2 Å². The predicted molar refractivity (Wildman–Crippen MR) is 120 cm³/mol. The van der Waals surface area contributed by atoms with Gasteiger partial charge in [0.1, 0.15) is 5.69 Å². The SMILES string of the molecule is Nc1nc2c(c(=O)[nH]1)N1CN(c3ccc(C(=O)NC(CCC(O)O)C(O)O)cc3)CC1CN2. The number of nitrogens with zero attached hydrogens (tertiary/aromatic N) is 3. The summed E-state index contributed by atoms with van der Waals surface area (Å²) in [6, 6.07) is 5.79. The van der Waals surface area contributed by atoms with E-state index in [1.165, 1.54) is 0 Å². The van der Waals surface area contributed by atoms with Crippen molar-refractivity contribution in [1.82, 2.24) is 15.3 Å². The molecule has 9 N–H and O–H groups in total. The number of H-pyrrole nitrogens is 1. The Morgan fingerprint density at radius 3 is 2.61 bits per heavy atom. The zero-order valence-corrected chi connectivity index (χ0v) is 17.7. The zero-order valence-electron chi connectivity index (χ0n) is 17.7. The van der Waals surface area contributed by atoms with Crippen LogP contribution in [0.4, 0.5) is 23.1 Å². The van der Waals surface area contributed by atoms with E-state index in [1.54, 1.807) is 24.3 Å². The number of aromatic nitrogens is 2. The molecule has 13 nitrogen and oxygen atoms in total. The van der Waals surface area contributed by atoms with E-state index in [-0.39, 0.29) is 30.4 Å². The molecule has 178 valence electrons. The van der Waals surface area contributed by atoms with Gasteiger partial charge in [-0.25, -0.2) is 0 Å². The summed E-state index contributed by atoms with van der Waals surface area (Å²) in [5, 5.41) is 42.5. The van der Waals surface area contributed by atoms with Gasteiger partial charge in [-0.15, -0.1) is 0 Å². The number of aromatic amines is 1. The summed E-state index contributed by atoms with van der Waals surface area (Å²) < 4.78 is 0. The lowest BCUT2D eigenvalue weighted by atomic mass is 10.1. The maximum absolute atomic E-state index is 12.5. The summed E-state index contributed by atoms with van der Waals surface area (Å²) in [6.07, 6.45) is -3.57. The lowest BCUT2D eigenvalue weighted by Crippen LogP contribution is -2.44. The molecule has 2 unspecified atom stereocenters. The Morgan fingerprint density at radius 1 is 1.21 bits per heavy atom. The molecule has 2 aromatic rings. The minimum Gasteiger partial charge on any atom is -0.369 e. The summed E-state index contributed by atoms with van der Waals surface area (Å²) in [6.45, 7) is 1.72. The average molecular weight is 461 g/mol. The van der Waals surface area contributed by atoms with Gasteiger partial charge in [-0.05, 0) is 30.7 Å². The number of fused-ring (bicyclic) bond motifs is 3. The molecule has 0 aliphatic carbocycles. The largest absolute Gasteiger partial charge is 0.369 e. The van der Waals surface area contributed by atoms with Gasteiger partial charge in [0, 0.05) is 30.8 Å². The second-order valence-electron chi connectivity index (χ2n) is 8.12. The number of aliphatic hydroxyl groups excluding tert-OH is 2. The molecular weight excluding hydrogens is 434 g/mol. The van der Waals surface area contributed by atoms with Crippen molar-refractivity contribution in [3.63, 3.8) is 0 Å². The molecule has 1 aromatic heterocycles. The number of carbonyl (C=O) groups is 1. The van der Waals surface area contributed by atoms with E-state index in [1.807, 2.05) is 4.90 Å². The summed E-state index contributed by atoms with van der Waals surface area (Å²) in [4.78, 5) is 35.7. The smallest absolute Gasteiger partial charge is 0.278 e. The molecule has 0 radical (unpaired) electrons. The summed E-state index contributed by atoms with van der Waals surface area (Å²) in [5.74, 6) is -0.00642. The third-order valence-corrected chi connectivity index (χ3v) is 5.81. The van der Waals surface area contributed by atoms with Gasteiger partial charge in [0.15, 0.2) is 18.4 Å². The number of anilines is 4. The maximum Gasteiger partial charge on any atom is 0.278 e. The Labute approximate surface area is 188 Å². The molecule has 13 heteroatoms. The van der Waals surface area contributed by atoms with E-state index in [2.05, 4.69) is 25.5 Å². The Balaban J connectivity index is 1.44. The van der Waals surface area contributed by atoms with E-state index in [0.717, 1.165) is 5.69 Å². The average Bonchev–Trinajstić information content (AvgIpc) is 3.20. The van der Waals surface area contributed by atoms with Gasteiger partial charge in [-0.1, -0.05) is 0 Å². The highest BCUT2D eigenvalue weighted by atomic mass is 16.5. The van der Waals surface area contributed by atoms with Gasteiger partial charge in [0.25, 0.3) is 11.5 Å². The van der Waals surface area contributed by atoms with Crippen molar-refractivity contribution in [2.45, 2.75) is 37.5 Å². The van der Waals surface area contributed by atoms with Crippen LogP contribution in [0.25, 0.3) is 0 Å². The van der Waals surface area contributed by atoms with Crippen LogP contribution in [0, 0.1) is 0 Å². The van der Waals surface area contributed by atoms with E-state index >= 15 is 0 Å². The Bertz CT molecular complexity index is 1060. The van der Waals surface area contributed by atoms with Crippen molar-refractivity contribution in [1.29, 1.82) is 0 Å². The van der Waals surface area contributed by atoms with Gasteiger partial charge in [-0.2, -0.15) is 4.98 Å². The Hall–Kier alpha value is -3.39. The molecule has 0 bridgehead atoms. The molecule has 0 saturated carbocycles. The van der Waals surface area contributed by atoms with Gasteiger partial charge in [0.05, 0.1) is 18.8 Å². The minimum absolute atomic E-state index is 0.0146. The van der Waals surface area contributed by atoms with Crippen LogP contribution in [0.2, 0.25) is 0 Å². The number of hydrogen-bond donors (Lipinski definition) is 8. The molecule has 4 rings (SSSR count). The van der Waals surface area contributed by atoms with Crippen molar-refractivity contribution >= 4 is 29.0 Å². The molecule has 2 aliphatic rings. The number of amides is 1. The molecule has 1 fully saturated rings. The molecule has 33 heavy (non-hydrogen) atoms. The molecular formula is C20H27N7O6. The second-order valence-corrected chi connectivity index (χ2v) is 8.12. The second kappa shape index (κ2) is 9.23. The first kappa shape index (κ1) is 22.8. The van der Waals surface area contributed by atoms with E-state index < -0.39 is 24.5 Å². The van der Waals surface area contributed by atoms with Crippen LogP contribution in [0.15, 0.2) is 29.1 Å². The standard InChI is InChI=1S/C20H27N7O6/c21-20-24-16-15(18(31)25-20)27-9-26(8-12(27)7-22-16)11-3-1-10(2-4-11)17(30)23-13(19(32)33)5-6-14(28)29/h1-4,12-14,19,28-29,32-33H,5-9H2,(H,23,30)(H4,21,22,24,25,31). The van der Waals surface area contributed by atoms with Crippen LogP contribution >= 0.6 is 0 Å². The number of nitrogens with one attached hydrogen (secondary N) is 3. The summed E-state index contributed by atoms with van der Waals surface area (Å²) in [7, 11) is 0. The fourth-order valence-electron chi connectivity index (χ4n) is 4.11. The molecule has 3 heterocycles. The first-order valence-corrected chi connectivity index (χ1v) is 10.5. The summed E-state index contributed by atoms with van der Waals surface area (Å²) >= 11 is 0. The van der Waals surface area contributed by atoms with Crippen LogP contribution < -0.4 is 31.7 Å². The number of nitrogen functional groups attached to an aromatic ring is 1. The van der Waals surface area contributed by atoms with Gasteiger partial charge in [0.2, 0.25) is 5.95 Å². The Kier molecular flexibility index (Phi) is 6.37. The lowest BCUT2D eigenvalue weighted by molar-refractivity contribution is -0.0817. The highest BCUT2D eigenvalue weighted by Crippen LogP contribution is 2.32. The minimum atomic E-state index is -1.83. The van der Waals surface area contributed by atoms with E-state index in [4.69, 9.17) is 15.9 Å². The fraction of sp³-hybridized carbons (Fsp3) is 0.450. The van der Waals surface area contributed by atoms with Crippen LogP contribution in [-0.4, -0.2) is 80.7 Å². The van der Waals surface area contributed by atoms with Crippen LogP contribution in [0.1, 0.15) is 23.2 Å². The monoisotopic (exact) mass is 461 g/mol. The number of benzene rings is 1. The van der Waals surface area contributed by atoms with Crippen molar-refractivity contribution in [2.24, 2.45) is 0 Å². The number of nitrogens with two attached hydrogens (primary N) is 1. The van der Waals surface area contributed by atoms with Gasteiger partial charge < -0.3 is 46.6 Å². The molecule has 1 saturated heterocycles. The van der Waals surface area contributed by atoms with E-state index in [9.17, 15) is 19.8 Å². The first-order chi connectivity index (χ1) is 15.7. The maximum atomic E-state index is 12.5. The zero-order chi connectivity index (χ0) is 23.7. The number of hydrogen-bond acceptors (Lipinski definition) is 11. The van der Waals surface area contributed by atoms with Crippen LogP contribution in [-0.2, 0) is 0 Å². The lowest BCUT2D eigenvalue weighted by Gasteiger charge is -2.31. The molecule has 1 aromatic carbocycles. The molecule has 1 amide bonds. The predicted octanol–water partition coefficient (Wildman–Crippen LogP) is -2.07. The highest BCUT2D eigenvalue weighted by Gasteiger charge is 2.37. The third kappa shape index (κ3) is 4.85. The molecule has 2 aliphatic heterocycles. The fourth-order valence-corrected chi connectivity index (χ4v) is 4.11. The van der Waals surface area contributed by atoms with E-state index in [0.29, 0.717) is 36.8 Å². The van der Waals surface area contributed by atoms with Crippen molar-refractivity contribution in [2.75, 3.05) is 40.6 Å². The Morgan fingerprint density at radius 2 is 1.94 bits per heavy atom. The highest BCUT2D eigenvalue weighted by molar-refractivity contribution is 5.94. The van der Waals surface area contributed by atoms with Gasteiger partial charge in [-0.3, -0.25) is 14.6 Å². The van der Waals surface area contributed by atoms with Crippen molar-refractivity contribution in [3.05, 3.63) is 40.2 Å². The van der Waals surface area contributed by atoms with Crippen LogP contribution in [0.5, 0.6) is 0 Å². The third-order valence-electron chi connectivity index (χ3n) is 5.81. The quantitative estimate of drug-likeness (QED) is 0.211. The van der Waals surface area contributed by atoms with Crippen molar-refractivity contribution in [3.8, 4) is 0 Å². The topological polar surface area (TPSA) is 200 Å². The first-order valence-electron chi connectivity index (χ1n) is 10.5. The van der Waals surface area contributed by atoms with Gasteiger partial charge >= 0.3 is 0 Å². The molecule has 0 spiro atoms. The number of carbonyl (C=O) groups excluding carboxylic acids is 1. The number of rotatable bonds is 7. The molecule has 2 atom stereocenters.